The second kappa shape index (κ2) is 7.19. The molecule has 118 valence electrons. The Labute approximate surface area is 132 Å². The molecule has 2 rings (SSSR count). The van der Waals surface area contributed by atoms with Crippen LogP contribution in [0.5, 0.6) is 5.75 Å². The number of benzene rings is 1. The molecule has 1 heterocycles. The molecule has 2 aromatic rings. The normalized spacial score (nSPS) is 12.0. The van der Waals surface area contributed by atoms with Crippen molar-refractivity contribution in [2.24, 2.45) is 0 Å². The fraction of sp³-hybridized carbons (Fsp3) is 0.357. The summed E-state index contributed by atoms with van der Waals surface area (Å²) in [5.41, 5.74) is 0.469. The molecule has 7 nitrogen and oxygen atoms in total. The van der Waals surface area contributed by atoms with E-state index in [1.165, 1.54) is 0 Å². The number of carbonyl (C=O) groups is 1. The Bertz CT molecular complexity index is 693. The van der Waals surface area contributed by atoms with Gasteiger partial charge >= 0.3 is 0 Å². The smallest absolute Gasteiger partial charge is 0.251 e. The minimum atomic E-state index is -0.637. The number of nitrogens with one attached hydrogen (secondary N) is 2. The van der Waals surface area contributed by atoms with Gasteiger partial charge in [0.15, 0.2) is 10.6 Å². The van der Waals surface area contributed by atoms with Crippen molar-refractivity contribution in [3.05, 3.63) is 40.4 Å². The molecule has 0 saturated carbocycles. The summed E-state index contributed by atoms with van der Waals surface area (Å²) in [5.74, 6) is 0.859. The number of aliphatic hydroxyl groups excluding tert-OH is 1. The highest BCUT2D eigenvalue weighted by Gasteiger charge is 2.20. The number of hydrogen-bond acceptors (Lipinski definition) is 5. The highest BCUT2D eigenvalue weighted by Crippen LogP contribution is 2.14. The predicted molar refractivity (Wildman–Crippen MR) is 83.4 cm³/mol. The zero-order valence-corrected chi connectivity index (χ0v) is 13.2. The monoisotopic (exact) mass is 322 g/mol. The molecule has 1 aromatic heterocycles. The lowest BCUT2D eigenvalue weighted by molar-refractivity contribution is 0.0911. The minimum Gasteiger partial charge on any atom is -0.497 e. The van der Waals surface area contributed by atoms with Crippen molar-refractivity contribution in [1.82, 2.24) is 20.1 Å². The Kier molecular flexibility index (Phi) is 5.29. The molecule has 3 N–H and O–H groups in total. The van der Waals surface area contributed by atoms with Crippen LogP contribution in [0.1, 0.15) is 29.1 Å². The lowest BCUT2D eigenvalue weighted by atomic mass is 10.2. The topological polar surface area (TPSA) is 92.2 Å². The van der Waals surface area contributed by atoms with Gasteiger partial charge in [-0.1, -0.05) is 0 Å². The van der Waals surface area contributed by atoms with Crippen molar-refractivity contribution in [3.63, 3.8) is 0 Å². The van der Waals surface area contributed by atoms with Gasteiger partial charge in [0.1, 0.15) is 11.8 Å². The lowest BCUT2D eigenvalue weighted by Gasteiger charge is -2.16. The van der Waals surface area contributed by atoms with E-state index < -0.39 is 6.04 Å². The van der Waals surface area contributed by atoms with E-state index in [1.807, 2.05) is 6.92 Å². The first-order chi connectivity index (χ1) is 10.6. The Hall–Kier alpha value is -2.19. The zero-order chi connectivity index (χ0) is 16.1. The van der Waals surface area contributed by atoms with E-state index in [0.717, 1.165) is 0 Å². The molecule has 0 saturated heterocycles. The number of aliphatic hydroxyl groups is 1. The molecule has 0 spiro atoms. The number of aromatic nitrogens is 3. The van der Waals surface area contributed by atoms with Gasteiger partial charge in [-0.05, 0) is 43.4 Å². The van der Waals surface area contributed by atoms with Crippen LogP contribution in [-0.2, 0) is 6.54 Å². The number of carbonyl (C=O) groups excluding carboxylic acids is 1. The van der Waals surface area contributed by atoms with Crippen molar-refractivity contribution in [1.29, 1.82) is 0 Å². The van der Waals surface area contributed by atoms with E-state index in [-0.39, 0.29) is 12.5 Å². The van der Waals surface area contributed by atoms with Crippen LogP contribution < -0.4 is 10.1 Å². The standard InChI is InChI=1S/C14H18N4O3S/c1-3-18-12(16-17-14(18)22)11(8-19)15-13(20)9-4-6-10(21-2)7-5-9/h4-7,11,19H,3,8H2,1-2H3,(H,15,20)(H,17,22)/t11-/m1/s1. The molecule has 1 aromatic carbocycles. The summed E-state index contributed by atoms with van der Waals surface area (Å²) in [6, 6.07) is 6.07. The van der Waals surface area contributed by atoms with Crippen molar-refractivity contribution in [3.8, 4) is 5.75 Å². The summed E-state index contributed by atoms with van der Waals surface area (Å²) in [7, 11) is 1.56. The highest BCUT2D eigenvalue weighted by molar-refractivity contribution is 7.71. The van der Waals surface area contributed by atoms with Crippen LogP contribution in [-0.4, -0.2) is 39.5 Å². The maximum Gasteiger partial charge on any atom is 0.251 e. The molecular weight excluding hydrogens is 304 g/mol. The number of ether oxygens (including phenoxy) is 1. The largest absolute Gasteiger partial charge is 0.497 e. The van der Waals surface area contributed by atoms with Crippen LogP contribution in [0.2, 0.25) is 0 Å². The summed E-state index contributed by atoms with van der Waals surface area (Å²) in [5, 5.41) is 19.0. The van der Waals surface area contributed by atoms with Gasteiger partial charge in [0.25, 0.3) is 5.91 Å². The summed E-state index contributed by atoms with van der Waals surface area (Å²) in [6.07, 6.45) is 0. The van der Waals surface area contributed by atoms with E-state index >= 15 is 0 Å². The number of amides is 1. The van der Waals surface area contributed by atoms with Crippen molar-refractivity contribution in [2.45, 2.75) is 19.5 Å². The first-order valence-electron chi connectivity index (χ1n) is 6.81. The number of methoxy groups -OCH3 is 1. The SMILES string of the molecule is CCn1c([C@@H](CO)NC(=O)c2ccc(OC)cc2)n[nH]c1=S. The Morgan fingerprint density at radius 1 is 1.50 bits per heavy atom. The van der Waals surface area contributed by atoms with Crippen molar-refractivity contribution in [2.75, 3.05) is 13.7 Å². The number of rotatable bonds is 6. The molecule has 0 aliphatic carbocycles. The molecule has 0 fully saturated rings. The molecule has 0 bridgehead atoms. The molecule has 1 atom stereocenters. The van der Waals surface area contributed by atoms with Crippen molar-refractivity contribution < 1.29 is 14.6 Å². The average molecular weight is 322 g/mol. The molecular formula is C14H18N4O3S. The van der Waals surface area contributed by atoms with Crippen LogP contribution in [0.4, 0.5) is 0 Å². The molecule has 8 heteroatoms. The summed E-state index contributed by atoms with van der Waals surface area (Å²) in [6.45, 7) is 2.23. The van der Waals surface area contributed by atoms with Crippen LogP contribution >= 0.6 is 12.2 Å². The third kappa shape index (κ3) is 3.34. The van der Waals surface area contributed by atoms with Crippen LogP contribution in [0.3, 0.4) is 0 Å². The van der Waals surface area contributed by atoms with Gasteiger partial charge in [0.05, 0.1) is 13.7 Å². The second-order valence-electron chi connectivity index (χ2n) is 4.57. The summed E-state index contributed by atoms with van der Waals surface area (Å²) in [4.78, 5) is 12.3. The van der Waals surface area contributed by atoms with E-state index in [2.05, 4.69) is 15.5 Å². The molecule has 22 heavy (non-hydrogen) atoms. The van der Waals surface area contributed by atoms with E-state index in [9.17, 15) is 9.90 Å². The maximum absolute atomic E-state index is 12.3. The Morgan fingerprint density at radius 3 is 2.73 bits per heavy atom. The third-order valence-corrected chi connectivity index (χ3v) is 3.57. The van der Waals surface area contributed by atoms with Gasteiger partial charge in [-0.2, -0.15) is 5.10 Å². The van der Waals surface area contributed by atoms with Gasteiger partial charge < -0.3 is 19.7 Å². The fourth-order valence-electron chi connectivity index (χ4n) is 2.08. The number of H-pyrrole nitrogens is 1. The Morgan fingerprint density at radius 2 is 2.18 bits per heavy atom. The number of aromatic amines is 1. The lowest BCUT2D eigenvalue weighted by Crippen LogP contribution is -2.32. The Balaban J connectivity index is 2.18. The van der Waals surface area contributed by atoms with Crippen molar-refractivity contribution >= 4 is 18.1 Å². The fourth-order valence-corrected chi connectivity index (χ4v) is 2.35. The van der Waals surface area contributed by atoms with E-state index in [1.54, 1.807) is 35.9 Å². The van der Waals surface area contributed by atoms with Crippen LogP contribution in [0.25, 0.3) is 0 Å². The number of hydrogen-bond donors (Lipinski definition) is 3. The number of nitrogens with zero attached hydrogens (tertiary/aromatic N) is 2. The molecule has 0 aliphatic rings. The summed E-state index contributed by atoms with van der Waals surface area (Å²) >= 11 is 5.11. The molecule has 0 unspecified atom stereocenters. The van der Waals surface area contributed by atoms with E-state index in [4.69, 9.17) is 17.0 Å². The minimum absolute atomic E-state index is 0.276. The predicted octanol–water partition coefficient (Wildman–Crippen LogP) is 1.43. The van der Waals surface area contributed by atoms with E-state index in [0.29, 0.717) is 28.5 Å². The van der Waals surface area contributed by atoms with Gasteiger partial charge in [0, 0.05) is 12.1 Å². The average Bonchev–Trinajstić information content (AvgIpc) is 2.93. The second-order valence-corrected chi connectivity index (χ2v) is 4.96. The van der Waals surface area contributed by atoms with Gasteiger partial charge in [0.2, 0.25) is 0 Å². The summed E-state index contributed by atoms with van der Waals surface area (Å²) < 4.78 is 7.23. The van der Waals surface area contributed by atoms with Gasteiger partial charge in [-0.15, -0.1) is 0 Å². The van der Waals surface area contributed by atoms with Gasteiger partial charge in [-0.3, -0.25) is 9.89 Å². The van der Waals surface area contributed by atoms with Crippen LogP contribution in [0, 0.1) is 4.77 Å². The first kappa shape index (κ1) is 16.2. The van der Waals surface area contributed by atoms with Gasteiger partial charge in [-0.25, -0.2) is 0 Å². The maximum atomic E-state index is 12.3. The van der Waals surface area contributed by atoms with Crippen LogP contribution in [0.15, 0.2) is 24.3 Å². The quantitative estimate of drug-likeness (QED) is 0.700. The highest BCUT2D eigenvalue weighted by atomic mass is 32.1. The molecule has 0 radical (unpaired) electrons. The molecule has 0 aliphatic heterocycles. The zero-order valence-electron chi connectivity index (χ0n) is 12.4. The first-order valence-corrected chi connectivity index (χ1v) is 7.22. The third-order valence-electron chi connectivity index (χ3n) is 3.26. The molecule has 1 amide bonds.